The third-order valence-electron chi connectivity index (χ3n) is 3.45. The maximum absolute atomic E-state index is 4.37. The summed E-state index contributed by atoms with van der Waals surface area (Å²) in [5.41, 5.74) is 5.44. The van der Waals surface area contributed by atoms with Crippen molar-refractivity contribution in [3.8, 4) is 11.4 Å². The van der Waals surface area contributed by atoms with Crippen LogP contribution in [0.1, 0.15) is 16.7 Å². The maximum atomic E-state index is 4.37. The topological polar surface area (TPSA) is 38.7 Å². The number of pyridine rings is 1. The second-order valence-electron chi connectivity index (χ2n) is 5.19. The average molecular weight is 307 g/mol. The molecule has 2 heterocycles. The van der Waals surface area contributed by atoms with E-state index in [2.05, 4.69) is 46.4 Å². The number of hydrogen-bond acceptors (Lipinski definition) is 4. The highest BCUT2D eigenvalue weighted by molar-refractivity contribution is 7.98. The summed E-state index contributed by atoms with van der Waals surface area (Å²) < 4.78 is 0. The summed E-state index contributed by atoms with van der Waals surface area (Å²) in [6.45, 7) is 4.15. The molecule has 22 heavy (non-hydrogen) atoms. The molecule has 0 saturated heterocycles. The molecule has 1 aromatic carbocycles. The first-order valence-electron chi connectivity index (χ1n) is 7.16. The Hall–Kier alpha value is -2.20. The molecular weight excluding hydrogens is 290 g/mol. The molecule has 0 aliphatic heterocycles. The summed E-state index contributed by atoms with van der Waals surface area (Å²) in [4.78, 5) is 4.37. The molecule has 3 nitrogen and oxygen atoms in total. The first-order chi connectivity index (χ1) is 10.7. The molecule has 4 heteroatoms. The summed E-state index contributed by atoms with van der Waals surface area (Å²) >= 11 is 1.70. The number of aromatic nitrogens is 3. The van der Waals surface area contributed by atoms with Gasteiger partial charge in [-0.05, 0) is 48.7 Å². The van der Waals surface area contributed by atoms with E-state index in [-0.39, 0.29) is 0 Å². The number of nitrogens with zero attached hydrogens (tertiary/aromatic N) is 3. The molecule has 0 bridgehead atoms. The van der Waals surface area contributed by atoms with Crippen molar-refractivity contribution in [2.45, 2.75) is 24.6 Å². The minimum absolute atomic E-state index is 0.806. The van der Waals surface area contributed by atoms with Gasteiger partial charge in [-0.2, -0.15) is 0 Å². The minimum atomic E-state index is 0.806. The predicted molar refractivity (Wildman–Crippen MR) is 90.7 cm³/mol. The normalized spacial score (nSPS) is 10.6. The van der Waals surface area contributed by atoms with Crippen LogP contribution in [0.2, 0.25) is 0 Å². The van der Waals surface area contributed by atoms with Crippen LogP contribution in [0.5, 0.6) is 0 Å². The van der Waals surface area contributed by atoms with Crippen molar-refractivity contribution < 1.29 is 0 Å². The zero-order valence-electron chi connectivity index (χ0n) is 12.7. The fourth-order valence-electron chi connectivity index (χ4n) is 2.08. The quantitative estimate of drug-likeness (QED) is 0.668. The molecule has 2 aromatic heterocycles. The third kappa shape index (κ3) is 3.52. The van der Waals surface area contributed by atoms with Crippen molar-refractivity contribution in [3.63, 3.8) is 0 Å². The van der Waals surface area contributed by atoms with Gasteiger partial charge in [-0.25, -0.2) is 0 Å². The van der Waals surface area contributed by atoms with Crippen molar-refractivity contribution in [1.29, 1.82) is 0 Å². The van der Waals surface area contributed by atoms with Gasteiger partial charge < -0.3 is 0 Å². The average Bonchev–Trinajstić information content (AvgIpc) is 2.55. The van der Waals surface area contributed by atoms with Gasteiger partial charge >= 0.3 is 0 Å². The Morgan fingerprint density at radius 3 is 2.36 bits per heavy atom. The first kappa shape index (κ1) is 14.7. The molecule has 0 atom stereocenters. The Morgan fingerprint density at radius 2 is 1.68 bits per heavy atom. The van der Waals surface area contributed by atoms with Gasteiger partial charge in [0.1, 0.15) is 10.7 Å². The molecule has 0 saturated carbocycles. The van der Waals surface area contributed by atoms with Crippen molar-refractivity contribution in [2.24, 2.45) is 0 Å². The highest BCUT2D eigenvalue weighted by atomic mass is 32.2. The van der Waals surface area contributed by atoms with Gasteiger partial charge in [-0.3, -0.25) is 4.98 Å². The van der Waals surface area contributed by atoms with E-state index in [4.69, 9.17) is 0 Å². The smallest absolute Gasteiger partial charge is 0.119 e. The molecule has 0 N–H and O–H groups in total. The van der Waals surface area contributed by atoms with E-state index in [1.807, 2.05) is 37.4 Å². The summed E-state index contributed by atoms with van der Waals surface area (Å²) in [6.07, 6.45) is 1.85. The van der Waals surface area contributed by atoms with Gasteiger partial charge in [0.05, 0.1) is 5.69 Å². The lowest BCUT2D eigenvalue weighted by Gasteiger charge is -2.05. The minimum Gasteiger partial charge on any atom is -0.254 e. The standard InChI is InChI=1S/C18H17N3S/c1-13-7-8-16(19-11-13)17-9-10-18(21-20-17)22-12-15-6-4-3-5-14(15)2/h3-11H,12H2,1-2H3. The Bertz CT molecular complexity index is 752. The van der Waals surface area contributed by atoms with Gasteiger partial charge in [0, 0.05) is 11.9 Å². The Kier molecular flexibility index (Phi) is 4.49. The largest absolute Gasteiger partial charge is 0.254 e. The fourth-order valence-corrected chi connectivity index (χ4v) is 2.97. The lowest BCUT2D eigenvalue weighted by molar-refractivity contribution is 0.930. The van der Waals surface area contributed by atoms with E-state index in [1.165, 1.54) is 11.1 Å². The second kappa shape index (κ2) is 6.71. The molecule has 0 fully saturated rings. The van der Waals surface area contributed by atoms with Crippen LogP contribution in [0, 0.1) is 13.8 Å². The second-order valence-corrected chi connectivity index (χ2v) is 6.19. The monoisotopic (exact) mass is 307 g/mol. The van der Waals surface area contributed by atoms with Crippen LogP contribution in [0.15, 0.2) is 59.8 Å². The number of hydrogen-bond donors (Lipinski definition) is 0. The molecule has 0 aliphatic carbocycles. The van der Waals surface area contributed by atoms with Crippen LogP contribution in [0.25, 0.3) is 11.4 Å². The molecule has 0 unspecified atom stereocenters. The molecule has 0 radical (unpaired) electrons. The van der Waals surface area contributed by atoms with Crippen LogP contribution < -0.4 is 0 Å². The van der Waals surface area contributed by atoms with Crippen LogP contribution in [0.3, 0.4) is 0 Å². The molecule has 3 rings (SSSR count). The number of rotatable bonds is 4. The molecular formula is C18H17N3S. The summed E-state index contributed by atoms with van der Waals surface area (Å²) in [6, 6.07) is 16.4. The van der Waals surface area contributed by atoms with Gasteiger partial charge in [-0.1, -0.05) is 42.1 Å². The molecule has 0 amide bonds. The Balaban J connectivity index is 1.69. The number of aryl methyl sites for hydroxylation is 2. The van der Waals surface area contributed by atoms with Crippen molar-refractivity contribution in [1.82, 2.24) is 15.2 Å². The first-order valence-corrected chi connectivity index (χ1v) is 8.15. The Labute approximate surface area is 134 Å². The lowest BCUT2D eigenvalue weighted by Crippen LogP contribution is -1.92. The Morgan fingerprint density at radius 1 is 0.864 bits per heavy atom. The molecule has 3 aromatic rings. The van der Waals surface area contributed by atoms with Crippen LogP contribution in [-0.2, 0) is 5.75 Å². The SMILES string of the molecule is Cc1ccc(-c2ccc(SCc3ccccc3C)nn2)nc1. The highest BCUT2D eigenvalue weighted by Crippen LogP contribution is 2.23. The zero-order chi connectivity index (χ0) is 15.4. The molecule has 110 valence electrons. The van der Waals surface area contributed by atoms with Gasteiger partial charge in [-0.15, -0.1) is 10.2 Å². The van der Waals surface area contributed by atoms with Crippen LogP contribution in [0.4, 0.5) is 0 Å². The highest BCUT2D eigenvalue weighted by Gasteiger charge is 2.04. The van der Waals surface area contributed by atoms with Crippen molar-refractivity contribution in [2.75, 3.05) is 0 Å². The zero-order valence-corrected chi connectivity index (χ0v) is 13.5. The summed E-state index contributed by atoms with van der Waals surface area (Å²) in [7, 11) is 0. The summed E-state index contributed by atoms with van der Waals surface area (Å²) in [5, 5.41) is 9.50. The van der Waals surface area contributed by atoms with E-state index >= 15 is 0 Å². The van der Waals surface area contributed by atoms with E-state index in [1.54, 1.807) is 11.8 Å². The lowest BCUT2D eigenvalue weighted by atomic mass is 10.1. The maximum Gasteiger partial charge on any atom is 0.119 e. The van der Waals surface area contributed by atoms with E-state index in [0.29, 0.717) is 0 Å². The van der Waals surface area contributed by atoms with E-state index in [0.717, 1.165) is 27.7 Å². The number of thioether (sulfide) groups is 1. The predicted octanol–water partition coefficient (Wildman–Crippen LogP) is 4.45. The number of benzene rings is 1. The van der Waals surface area contributed by atoms with Gasteiger partial charge in [0.2, 0.25) is 0 Å². The third-order valence-corrected chi connectivity index (χ3v) is 4.42. The molecule has 0 spiro atoms. The van der Waals surface area contributed by atoms with Crippen molar-refractivity contribution in [3.05, 3.63) is 71.4 Å². The van der Waals surface area contributed by atoms with Crippen LogP contribution in [-0.4, -0.2) is 15.2 Å². The van der Waals surface area contributed by atoms with Gasteiger partial charge in [0.15, 0.2) is 0 Å². The van der Waals surface area contributed by atoms with E-state index < -0.39 is 0 Å². The van der Waals surface area contributed by atoms with Gasteiger partial charge in [0.25, 0.3) is 0 Å². The molecule has 0 aliphatic rings. The fraction of sp³-hybridized carbons (Fsp3) is 0.167. The summed E-state index contributed by atoms with van der Waals surface area (Å²) in [5.74, 6) is 0.906. The van der Waals surface area contributed by atoms with Crippen molar-refractivity contribution >= 4 is 11.8 Å². The van der Waals surface area contributed by atoms with E-state index in [9.17, 15) is 0 Å². The van der Waals surface area contributed by atoms with Crippen LogP contribution >= 0.6 is 11.8 Å².